The molecule has 0 aliphatic rings. The van der Waals surface area contributed by atoms with Crippen molar-refractivity contribution < 1.29 is 18.7 Å². The third-order valence-electron chi connectivity index (χ3n) is 4.01. The number of amides is 1. The van der Waals surface area contributed by atoms with Gasteiger partial charge in [-0.3, -0.25) is 9.59 Å². The maximum absolute atomic E-state index is 13.3. The molecule has 0 aliphatic carbocycles. The van der Waals surface area contributed by atoms with Crippen molar-refractivity contribution >= 4 is 11.7 Å². The van der Waals surface area contributed by atoms with Gasteiger partial charge in [-0.2, -0.15) is 0 Å². The Balaban J connectivity index is 2.06. The van der Waals surface area contributed by atoms with Gasteiger partial charge in [0.25, 0.3) is 5.91 Å². The summed E-state index contributed by atoms with van der Waals surface area (Å²) in [6, 6.07) is 11.7. The molecule has 0 spiro atoms. The molecule has 0 fully saturated rings. The van der Waals surface area contributed by atoms with Gasteiger partial charge in [0.05, 0.1) is 5.56 Å². The first kappa shape index (κ1) is 19.6. The van der Waals surface area contributed by atoms with E-state index in [1.54, 1.807) is 4.90 Å². The van der Waals surface area contributed by atoms with Crippen molar-refractivity contribution in [2.24, 2.45) is 0 Å². The summed E-state index contributed by atoms with van der Waals surface area (Å²) in [4.78, 5) is 25.9. The van der Waals surface area contributed by atoms with Crippen molar-refractivity contribution in [2.75, 3.05) is 13.2 Å². The van der Waals surface area contributed by atoms with E-state index in [0.29, 0.717) is 13.1 Å². The zero-order valence-corrected chi connectivity index (χ0v) is 15.4. The van der Waals surface area contributed by atoms with Crippen molar-refractivity contribution in [3.63, 3.8) is 0 Å². The van der Waals surface area contributed by atoms with E-state index in [4.69, 9.17) is 4.74 Å². The van der Waals surface area contributed by atoms with Crippen LogP contribution in [0, 0.1) is 12.7 Å². The van der Waals surface area contributed by atoms with Gasteiger partial charge >= 0.3 is 0 Å². The molecule has 0 unspecified atom stereocenters. The van der Waals surface area contributed by atoms with E-state index < -0.39 is 5.82 Å². The molecule has 0 N–H and O–H groups in total. The fourth-order valence-corrected chi connectivity index (χ4v) is 2.61. The van der Waals surface area contributed by atoms with E-state index in [9.17, 15) is 14.0 Å². The third kappa shape index (κ3) is 5.41. The Morgan fingerprint density at radius 2 is 1.81 bits per heavy atom. The summed E-state index contributed by atoms with van der Waals surface area (Å²) >= 11 is 0. The molecule has 2 aromatic carbocycles. The van der Waals surface area contributed by atoms with Crippen molar-refractivity contribution in [1.82, 2.24) is 4.90 Å². The Morgan fingerprint density at radius 3 is 2.42 bits per heavy atom. The number of Topliss-reactive ketones (excluding diaryl/α,β-unsaturated/α-hetero) is 1. The summed E-state index contributed by atoms with van der Waals surface area (Å²) in [5.74, 6) is -0.775. The number of carbonyl (C=O) groups is 2. The summed E-state index contributed by atoms with van der Waals surface area (Å²) in [7, 11) is 0. The normalized spacial score (nSPS) is 10.5. The third-order valence-corrected chi connectivity index (χ3v) is 4.01. The lowest BCUT2D eigenvalue weighted by molar-refractivity contribution is -0.134. The van der Waals surface area contributed by atoms with E-state index in [1.165, 1.54) is 24.6 Å². The molecule has 0 atom stereocenters. The molecule has 138 valence electrons. The molecule has 1 amide bonds. The van der Waals surface area contributed by atoms with Gasteiger partial charge in [-0.1, -0.05) is 36.8 Å². The molecule has 2 aromatic rings. The molecule has 4 nitrogen and oxygen atoms in total. The number of benzene rings is 2. The summed E-state index contributed by atoms with van der Waals surface area (Å²) in [5.41, 5.74) is 2.35. The number of hydrogen-bond acceptors (Lipinski definition) is 3. The number of halogens is 1. The lowest BCUT2D eigenvalue weighted by Crippen LogP contribution is -2.35. The predicted octanol–water partition coefficient (Wildman–Crippen LogP) is 4.15. The van der Waals surface area contributed by atoms with E-state index in [2.05, 4.69) is 0 Å². The minimum absolute atomic E-state index is 0.137. The highest BCUT2D eigenvalue weighted by Crippen LogP contribution is 2.20. The number of ether oxygens (including phenoxy) is 1. The standard InChI is InChI=1S/C21H24FNO3/c1-4-11-23(13-17-7-5-15(2)6-8-17)21(25)14-26-20-10-9-18(22)12-19(20)16(3)24/h5-10,12H,4,11,13-14H2,1-3H3. The van der Waals surface area contributed by atoms with Crippen LogP contribution < -0.4 is 4.74 Å². The quantitative estimate of drug-likeness (QED) is 0.667. The number of aryl methyl sites for hydroxylation is 1. The van der Waals surface area contributed by atoms with Crippen LogP contribution in [0.5, 0.6) is 5.75 Å². The summed E-state index contributed by atoms with van der Waals surface area (Å²) in [6.45, 7) is 6.27. The fourth-order valence-electron chi connectivity index (χ4n) is 2.61. The van der Waals surface area contributed by atoms with Crippen molar-refractivity contribution in [1.29, 1.82) is 0 Å². The highest BCUT2D eigenvalue weighted by Gasteiger charge is 2.16. The largest absolute Gasteiger partial charge is 0.483 e. The molecule has 0 heterocycles. The minimum Gasteiger partial charge on any atom is -0.483 e. The van der Waals surface area contributed by atoms with Crippen LogP contribution in [0.15, 0.2) is 42.5 Å². The molecule has 0 aromatic heterocycles. The average molecular weight is 357 g/mol. The highest BCUT2D eigenvalue weighted by molar-refractivity contribution is 5.96. The zero-order valence-electron chi connectivity index (χ0n) is 15.4. The lowest BCUT2D eigenvalue weighted by Gasteiger charge is -2.22. The molecular weight excluding hydrogens is 333 g/mol. The van der Waals surface area contributed by atoms with E-state index in [1.807, 2.05) is 38.1 Å². The SMILES string of the molecule is CCCN(Cc1ccc(C)cc1)C(=O)COc1ccc(F)cc1C(C)=O. The van der Waals surface area contributed by atoms with E-state index in [-0.39, 0.29) is 29.6 Å². The van der Waals surface area contributed by atoms with E-state index >= 15 is 0 Å². The Morgan fingerprint density at radius 1 is 1.12 bits per heavy atom. The molecular formula is C21H24FNO3. The smallest absolute Gasteiger partial charge is 0.260 e. The van der Waals surface area contributed by atoms with Gasteiger partial charge in [0.2, 0.25) is 0 Å². The first-order valence-electron chi connectivity index (χ1n) is 8.67. The molecule has 2 rings (SSSR count). The second-order valence-corrected chi connectivity index (χ2v) is 6.29. The topological polar surface area (TPSA) is 46.6 Å². The van der Waals surface area contributed by atoms with Crippen molar-refractivity contribution in [3.8, 4) is 5.75 Å². The Hall–Kier alpha value is -2.69. The van der Waals surface area contributed by atoms with Crippen molar-refractivity contribution in [3.05, 3.63) is 65.0 Å². The molecule has 26 heavy (non-hydrogen) atoms. The molecule has 0 saturated heterocycles. The van der Waals surface area contributed by atoms with Crippen LogP contribution in [0.2, 0.25) is 0 Å². The van der Waals surface area contributed by atoms with Crippen LogP contribution in [-0.4, -0.2) is 29.7 Å². The maximum Gasteiger partial charge on any atom is 0.260 e. The summed E-state index contributed by atoms with van der Waals surface area (Å²) in [6.07, 6.45) is 0.826. The van der Waals surface area contributed by atoms with Crippen LogP contribution in [0.25, 0.3) is 0 Å². The predicted molar refractivity (Wildman–Crippen MR) is 98.8 cm³/mol. The van der Waals surface area contributed by atoms with Gasteiger partial charge in [-0.25, -0.2) is 4.39 Å². The summed E-state index contributed by atoms with van der Waals surface area (Å²) in [5, 5.41) is 0. The Labute approximate surface area is 153 Å². The monoisotopic (exact) mass is 357 g/mol. The molecule has 0 bridgehead atoms. The first-order chi connectivity index (χ1) is 12.4. The lowest BCUT2D eigenvalue weighted by atomic mass is 10.1. The van der Waals surface area contributed by atoms with Crippen LogP contribution in [0.3, 0.4) is 0 Å². The Bertz CT molecular complexity index is 771. The summed E-state index contributed by atoms with van der Waals surface area (Å²) < 4.78 is 18.8. The Kier molecular flexibility index (Phi) is 6.89. The minimum atomic E-state index is -0.513. The number of ketones is 1. The molecule has 0 saturated carbocycles. The zero-order chi connectivity index (χ0) is 19.1. The molecule has 0 radical (unpaired) electrons. The maximum atomic E-state index is 13.3. The molecule has 0 aliphatic heterocycles. The number of hydrogen-bond donors (Lipinski definition) is 0. The first-order valence-corrected chi connectivity index (χ1v) is 8.67. The van der Waals surface area contributed by atoms with Crippen LogP contribution in [-0.2, 0) is 11.3 Å². The van der Waals surface area contributed by atoms with Gasteiger partial charge in [-0.05, 0) is 44.0 Å². The van der Waals surface area contributed by atoms with Gasteiger partial charge in [-0.15, -0.1) is 0 Å². The van der Waals surface area contributed by atoms with E-state index in [0.717, 1.165) is 18.1 Å². The molecule has 5 heteroatoms. The van der Waals surface area contributed by atoms with Gasteiger partial charge in [0.1, 0.15) is 11.6 Å². The van der Waals surface area contributed by atoms with Crippen LogP contribution in [0.4, 0.5) is 4.39 Å². The van der Waals surface area contributed by atoms with Crippen LogP contribution >= 0.6 is 0 Å². The highest BCUT2D eigenvalue weighted by atomic mass is 19.1. The number of nitrogens with zero attached hydrogens (tertiary/aromatic N) is 1. The number of carbonyl (C=O) groups excluding carboxylic acids is 2. The van der Waals surface area contributed by atoms with Crippen LogP contribution in [0.1, 0.15) is 41.8 Å². The van der Waals surface area contributed by atoms with Gasteiger partial charge < -0.3 is 9.64 Å². The van der Waals surface area contributed by atoms with Gasteiger partial charge in [0.15, 0.2) is 12.4 Å². The average Bonchev–Trinajstić information content (AvgIpc) is 2.61. The second-order valence-electron chi connectivity index (χ2n) is 6.29. The van der Waals surface area contributed by atoms with Gasteiger partial charge in [0, 0.05) is 13.1 Å². The second kappa shape index (κ2) is 9.13. The number of rotatable bonds is 8. The fraction of sp³-hybridized carbons (Fsp3) is 0.333. The van der Waals surface area contributed by atoms with Crippen molar-refractivity contribution in [2.45, 2.75) is 33.7 Å².